The lowest BCUT2D eigenvalue weighted by Crippen LogP contribution is -2.15. The lowest BCUT2D eigenvalue weighted by molar-refractivity contribution is 0.0956. The summed E-state index contributed by atoms with van der Waals surface area (Å²) >= 11 is 0. The molecule has 2 rings (SSSR count). The van der Waals surface area contributed by atoms with Gasteiger partial charge in [0.15, 0.2) is 0 Å². The Morgan fingerprint density at radius 2 is 2.27 bits per heavy atom. The number of ether oxygens (including phenoxy) is 1. The molecule has 0 aliphatic heterocycles. The van der Waals surface area contributed by atoms with Crippen LogP contribution in [0.4, 0.5) is 0 Å². The number of imidazole rings is 1. The number of nitrogens with one attached hydrogen (secondary N) is 2. The third-order valence-electron chi connectivity index (χ3n) is 2.61. The molecule has 0 aromatic carbocycles. The van der Waals surface area contributed by atoms with E-state index in [-0.39, 0.29) is 6.61 Å². The zero-order chi connectivity index (χ0) is 15.5. The van der Waals surface area contributed by atoms with Crippen molar-refractivity contribution in [3.05, 3.63) is 47.8 Å². The minimum atomic E-state index is 0.0369. The van der Waals surface area contributed by atoms with E-state index in [1.807, 2.05) is 24.3 Å². The first-order chi connectivity index (χ1) is 10.9. The average molecular weight is 298 g/mol. The first-order valence-corrected chi connectivity index (χ1v) is 6.94. The van der Waals surface area contributed by atoms with E-state index in [9.17, 15) is 0 Å². The van der Waals surface area contributed by atoms with E-state index in [2.05, 4.69) is 32.2 Å². The Labute approximate surface area is 129 Å². The molecule has 0 fully saturated rings. The molecule has 0 unspecified atom stereocenters. The van der Waals surface area contributed by atoms with Crippen molar-refractivity contribution in [3.63, 3.8) is 0 Å². The Morgan fingerprint density at radius 3 is 3.09 bits per heavy atom. The molecule has 0 amide bonds. The summed E-state index contributed by atoms with van der Waals surface area (Å²) in [7, 11) is 0. The van der Waals surface area contributed by atoms with Gasteiger partial charge in [-0.25, -0.2) is 4.98 Å². The van der Waals surface area contributed by atoms with Crippen molar-refractivity contribution >= 4 is 12.2 Å². The molecular weight excluding hydrogens is 280 g/mol. The molecule has 2 aromatic rings. The highest BCUT2D eigenvalue weighted by Crippen LogP contribution is 2.04. The van der Waals surface area contributed by atoms with E-state index in [1.54, 1.807) is 18.6 Å². The van der Waals surface area contributed by atoms with Crippen molar-refractivity contribution in [1.29, 1.82) is 0 Å². The Hall–Kier alpha value is -2.62. The maximum Gasteiger partial charge on any atom is 0.130 e. The molecule has 6 nitrogen and oxygen atoms in total. The van der Waals surface area contributed by atoms with Gasteiger partial charge in [-0.3, -0.25) is 4.98 Å². The molecule has 0 aliphatic carbocycles. The van der Waals surface area contributed by atoms with E-state index < -0.39 is 0 Å². The molecule has 0 atom stereocenters. The predicted octanol–water partition coefficient (Wildman–Crippen LogP) is 0.883. The van der Waals surface area contributed by atoms with Crippen LogP contribution in [-0.4, -0.2) is 46.4 Å². The highest BCUT2D eigenvalue weighted by atomic mass is 16.5. The number of aromatic nitrogens is 3. The van der Waals surface area contributed by atoms with E-state index in [1.165, 1.54) is 0 Å². The quantitative estimate of drug-likeness (QED) is 0.401. The summed E-state index contributed by atoms with van der Waals surface area (Å²) in [5.74, 6) is 3.66. The van der Waals surface area contributed by atoms with Crippen LogP contribution in [0.5, 0.6) is 0 Å². The largest absolute Gasteiger partial charge is 0.394 e. The van der Waals surface area contributed by atoms with E-state index in [4.69, 9.17) is 9.84 Å². The average Bonchev–Trinajstić information content (AvgIpc) is 3.01. The fourth-order valence-corrected chi connectivity index (χ4v) is 1.60. The Bertz CT molecular complexity index is 641. The first kappa shape index (κ1) is 15.8. The van der Waals surface area contributed by atoms with Gasteiger partial charge in [0, 0.05) is 25.0 Å². The highest BCUT2D eigenvalue weighted by molar-refractivity contribution is 5.66. The molecule has 0 saturated heterocycles. The van der Waals surface area contributed by atoms with Crippen molar-refractivity contribution in [2.75, 3.05) is 26.4 Å². The van der Waals surface area contributed by atoms with Gasteiger partial charge in [-0.1, -0.05) is 6.07 Å². The van der Waals surface area contributed by atoms with Gasteiger partial charge in [0.05, 0.1) is 26.0 Å². The van der Waals surface area contributed by atoms with Gasteiger partial charge >= 0.3 is 0 Å². The molecule has 0 spiro atoms. The normalized spacial score (nSPS) is 10.4. The molecular formula is C16H18N4O2. The van der Waals surface area contributed by atoms with Gasteiger partial charge in [-0.15, -0.1) is 0 Å². The first-order valence-electron chi connectivity index (χ1n) is 6.94. The van der Waals surface area contributed by atoms with Crippen LogP contribution < -0.4 is 5.32 Å². The zero-order valence-electron chi connectivity index (χ0n) is 12.1. The maximum absolute atomic E-state index is 8.54. The van der Waals surface area contributed by atoms with Crippen LogP contribution in [0.3, 0.4) is 0 Å². The summed E-state index contributed by atoms with van der Waals surface area (Å²) in [5, 5.41) is 11.5. The molecule has 114 valence electrons. The van der Waals surface area contributed by atoms with Crippen LogP contribution in [0, 0.1) is 12.0 Å². The number of pyridine rings is 1. The second-order valence-electron chi connectivity index (χ2n) is 4.31. The Kier molecular flexibility index (Phi) is 6.69. The number of aliphatic hydroxyl groups is 1. The van der Waals surface area contributed by atoms with Crippen LogP contribution in [0.15, 0.2) is 30.7 Å². The van der Waals surface area contributed by atoms with Crippen molar-refractivity contribution in [2.45, 2.75) is 0 Å². The minimum absolute atomic E-state index is 0.0369. The molecule has 0 saturated carbocycles. The fraction of sp³-hybridized carbons (Fsp3) is 0.250. The maximum atomic E-state index is 8.54. The molecule has 6 heteroatoms. The van der Waals surface area contributed by atoms with Crippen molar-refractivity contribution in [1.82, 2.24) is 20.3 Å². The molecule has 0 aliphatic rings. The number of aromatic amines is 1. The molecule has 22 heavy (non-hydrogen) atoms. The van der Waals surface area contributed by atoms with Gasteiger partial charge in [0.25, 0.3) is 0 Å². The van der Waals surface area contributed by atoms with Gasteiger partial charge in [-0.05, 0) is 29.7 Å². The monoisotopic (exact) mass is 298 g/mol. The Balaban J connectivity index is 1.78. The third-order valence-corrected chi connectivity index (χ3v) is 2.61. The number of rotatable bonds is 7. The smallest absolute Gasteiger partial charge is 0.130 e. The van der Waals surface area contributed by atoms with Gasteiger partial charge in [0.2, 0.25) is 0 Å². The number of nitrogens with zero attached hydrogens (tertiary/aromatic N) is 2. The topological polar surface area (TPSA) is 83.1 Å². The Morgan fingerprint density at radius 1 is 1.32 bits per heavy atom. The summed E-state index contributed by atoms with van der Waals surface area (Å²) in [6.45, 7) is 1.50. The van der Waals surface area contributed by atoms with Crippen molar-refractivity contribution < 1.29 is 9.84 Å². The molecule has 0 radical (unpaired) electrons. The van der Waals surface area contributed by atoms with Gasteiger partial charge in [0.1, 0.15) is 11.5 Å². The van der Waals surface area contributed by atoms with Gasteiger partial charge in [-0.2, -0.15) is 0 Å². The van der Waals surface area contributed by atoms with Gasteiger partial charge < -0.3 is 20.1 Å². The van der Waals surface area contributed by atoms with Crippen LogP contribution >= 0.6 is 0 Å². The molecule has 3 N–H and O–H groups in total. The predicted molar refractivity (Wildman–Crippen MR) is 84.5 cm³/mol. The van der Waals surface area contributed by atoms with Crippen LogP contribution in [0.25, 0.3) is 12.2 Å². The van der Waals surface area contributed by atoms with Crippen molar-refractivity contribution in [3.8, 4) is 12.0 Å². The van der Waals surface area contributed by atoms with Crippen LogP contribution in [0.2, 0.25) is 0 Å². The second-order valence-corrected chi connectivity index (χ2v) is 4.31. The summed E-state index contributed by atoms with van der Waals surface area (Å²) in [4.78, 5) is 11.4. The SMILES string of the molecule is OCCOCCNC#Cc1cnc(C=Cc2cccnc2)[nH]1. The summed E-state index contributed by atoms with van der Waals surface area (Å²) in [6, 6.07) is 6.67. The number of aliphatic hydroxyl groups excluding tert-OH is 1. The number of hydrogen-bond acceptors (Lipinski definition) is 5. The summed E-state index contributed by atoms with van der Waals surface area (Å²) in [6.07, 6.45) is 9.00. The lowest BCUT2D eigenvalue weighted by Gasteiger charge is -1.99. The van der Waals surface area contributed by atoms with E-state index >= 15 is 0 Å². The van der Waals surface area contributed by atoms with E-state index in [0.29, 0.717) is 19.8 Å². The standard InChI is InChI=1S/C16H18N4O2/c21-9-11-22-10-8-17-7-5-15-13-19-16(20-15)4-3-14-2-1-6-18-12-14/h1-4,6,12-13,17,21H,8-11H2,(H,19,20). The summed E-state index contributed by atoms with van der Waals surface area (Å²) in [5.41, 5.74) is 1.74. The molecule has 2 aromatic heterocycles. The minimum Gasteiger partial charge on any atom is -0.394 e. The molecule has 2 heterocycles. The highest BCUT2D eigenvalue weighted by Gasteiger charge is 1.94. The second kappa shape index (κ2) is 9.34. The fourth-order valence-electron chi connectivity index (χ4n) is 1.60. The van der Waals surface area contributed by atoms with Crippen molar-refractivity contribution in [2.24, 2.45) is 0 Å². The molecule has 0 bridgehead atoms. The van der Waals surface area contributed by atoms with Crippen LogP contribution in [0.1, 0.15) is 17.1 Å². The van der Waals surface area contributed by atoms with Crippen LogP contribution in [-0.2, 0) is 4.74 Å². The summed E-state index contributed by atoms with van der Waals surface area (Å²) < 4.78 is 5.10. The number of hydrogen-bond donors (Lipinski definition) is 3. The zero-order valence-corrected chi connectivity index (χ0v) is 12.1. The van der Waals surface area contributed by atoms with E-state index in [0.717, 1.165) is 17.1 Å². The number of H-pyrrole nitrogens is 1. The lowest BCUT2D eigenvalue weighted by atomic mass is 10.2. The third kappa shape index (κ3) is 5.79.